The van der Waals surface area contributed by atoms with Gasteiger partial charge in [-0.15, -0.1) is 0 Å². The molecule has 0 radical (unpaired) electrons. The topological polar surface area (TPSA) is 12.0 Å². The highest BCUT2D eigenvalue weighted by Gasteiger charge is 2.22. The molecule has 2 rings (SSSR count). The summed E-state index contributed by atoms with van der Waals surface area (Å²) in [5.41, 5.74) is 3.04. The highest BCUT2D eigenvalue weighted by Crippen LogP contribution is 2.37. The summed E-state index contributed by atoms with van der Waals surface area (Å²) in [5, 5.41) is 3.52. The number of benzene rings is 1. The molecule has 0 heterocycles. The first-order valence-corrected chi connectivity index (χ1v) is 7.57. The molecule has 1 unspecified atom stereocenters. The number of nitrogens with one attached hydrogen (secondary N) is 1. The SMILES string of the molecule is CCC(CC)C(NC)c1cccc(C2CCC2)c1. The fraction of sp³-hybridized carbons (Fsp3) is 0.647. The van der Waals surface area contributed by atoms with E-state index >= 15 is 0 Å². The van der Waals surface area contributed by atoms with Crippen LogP contribution in [0.2, 0.25) is 0 Å². The average molecular weight is 245 g/mol. The van der Waals surface area contributed by atoms with E-state index in [1.807, 2.05) is 0 Å². The van der Waals surface area contributed by atoms with E-state index in [0.29, 0.717) is 6.04 Å². The lowest BCUT2D eigenvalue weighted by atomic mass is 9.78. The largest absolute Gasteiger partial charge is 0.313 e. The van der Waals surface area contributed by atoms with Crippen LogP contribution in [-0.2, 0) is 0 Å². The van der Waals surface area contributed by atoms with Crippen LogP contribution in [0.3, 0.4) is 0 Å². The molecule has 1 aromatic carbocycles. The lowest BCUT2D eigenvalue weighted by Gasteiger charge is -2.29. The van der Waals surface area contributed by atoms with E-state index in [1.165, 1.54) is 37.7 Å². The summed E-state index contributed by atoms with van der Waals surface area (Å²) < 4.78 is 0. The Morgan fingerprint density at radius 1 is 1.22 bits per heavy atom. The fourth-order valence-corrected chi connectivity index (χ4v) is 3.18. The first-order chi connectivity index (χ1) is 8.80. The molecule has 1 fully saturated rings. The Bertz CT molecular complexity index is 364. The summed E-state index contributed by atoms with van der Waals surface area (Å²) >= 11 is 0. The van der Waals surface area contributed by atoms with Crippen molar-refractivity contribution in [1.82, 2.24) is 5.32 Å². The minimum atomic E-state index is 0.514. The van der Waals surface area contributed by atoms with Gasteiger partial charge >= 0.3 is 0 Å². The van der Waals surface area contributed by atoms with Crippen molar-refractivity contribution in [3.05, 3.63) is 35.4 Å². The molecule has 1 heteroatoms. The second-order valence-electron chi connectivity index (χ2n) is 5.64. The molecule has 1 atom stereocenters. The highest BCUT2D eigenvalue weighted by molar-refractivity contribution is 5.30. The quantitative estimate of drug-likeness (QED) is 0.769. The molecular weight excluding hydrogens is 218 g/mol. The van der Waals surface area contributed by atoms with E-state index in [1.54, 1.807) is 5.56 Å². The second kappa shape index (κ2) is 6.38. The Kier molecular flexibility index (Phi) is 4.82. The Morgan fingerprint density at radius 3 is 2.44 bits per heavy atom. The Labute approximate surface area is 112 Å². The Hall–Kier alpha value is -0.820. The van der Waals surface area contributed by atoms with Crippen molar-refractivity contribution in [2.75, 3.05) is 7.05 Å². The van der Waals surface area contributed by atoms with Gasteiger partial charge in [-0.1, -0.05) is 57.4 Å². The summed E-state index contributed by atoms with van der Waals surface area (Å²) in [6.45, 7) is 4.60. The lowest BCUT2D eigenvalue weighted by molar-refractivity contribution is 0.358. The minimum absolute atomic E-state index is 0.514. The molecule has 1 aliphatic carbocycles. The molecule has 0 aromatic heterocycles. The highest BCUT2D eigenvalue weighted by atomic mass is 14.9. The van der Waals surface area contributed by atoms with Crippen LogP contribution in [0, 0.1) is 5.92 Å². The van der Waals surface area contributed by atoms with Crippen molar-refractivity contribution in [2.45, 2.75) is 57.9 Å². The summed E-state index contributed by atoms with van der Waals surface area (Å²) in [5.74, 6) is 1.58. The van der Waals surface area contributed by atoms with E-state index in [4.69, 9.17) is 0 Å². The lowest BCUT2D eigenvalue weighted by Crippen LogP contribution is -2.25. The van der Waals surface area contributed by atoms with Gasteiger partial charge in [0.05, 0.1) is 0 Å². The standard InChI is InChI=1S/C17H27N/c1-4-13(5-2)17(18-3)16-11-7-10-15(12-16)14-8-6-9-14/h7,10-14,17-18H,4-6,8-9H2,1-3H3. The fourth-order valence-electron chi connectivity index (χ4n) is 3.18. The molecule has 1 nitrogen and oxygen atoms in total. The third kappa shape index (κ3) is 2.77. The third-order valence-corrected chi connectivity index (χ3v) is 4.68. The average Bonchev–Trinajstić information content (AvgIpc) is 2.34. The van der Waals surface area contributed by atoms with Crippen molar-refractivity contribution in [2.24, 2.45) is 5.92 Å². The zero-order valence-electron chi connectivity index (χ0n) is 12.1. The van der Waals surface area contributed by atoms with Crippen LogP contribution >= 0.6 is 0 Å². The molecule has 0 saturated heterocycles. The third-order valence-electron chi connectivity index (χ3n) is 4.68. The molecular formula is C17H27N. The van der Waals surface area contributed by atoms with Gasteiger partial charge in [0, 0.05) is 6.04 Å². The van der Waals surface area contributed by atoms with Crippen molar-refractivity contribution >= 4 is 0 Å². The molecule has 100 valence electrons. The first kappa shape index (κ1) is 13.6. The normalized spacial score (nSPS) is 17.8. The number of rotatable bonds is 6. The van der Waals surface area contributed by atoms with Crippen molar-refractivity contribution in [3.63, 3.8) is 0 Å². The van der Waals surface area contributed by atoms with Crippen LogP contribution in [-0.4, -0.2) is 7.05 Å². The van der Waals surface area contributed by atoms with Crippen LogP contribution in [0.4, 0.5) is 0 Å². The molecule has 0 spiro atoms. The van der Waals surface area contributed by atoms with Gasteiger partial charge in [-0.3, -0.25) is 0 Å². The van der Waals surface area contributed by atoms with Gasteiger partial charge in [-0.05, 0) is 42.9 Å². The zero-order chi connectivity index (χ0) is 13.0. The molecule has 1 saturated carbocycles. The van der Waals surface area contributed by atoms with Crippen molar-refractivity contribution in [3.8, 4) is 0 Å². The minimum Gasteiger partial charge on any atom is -0.313 e. The maximum Gasteiger partial charge on any atom is 0.0346 e. The van der Waals surface area contributed by atoms with Gasteiger partial charge < -0.3 is 5.32 Å². The van der Waals surface area contributed by atoms with E-state index in [0.717, 1.165) is 11.8 Å². The molecule has 1 N–H and O–H groups in total. The first-order valence-electron chi connectivity index (χ1n) is 7.57. The molecule has 0 amide bonds. The smallest absolute Gasteiger partial charge is 0.0346 e. The summed E-state index contributed by atoms with van der Waals surface area (Å²) in [6, 6.07) is 9.81. The zero-order valence-corrected chi connectivity index (χ0v) is 12.1. The Balaban J connectivity index is 2.19. The maximum absolute atomic E-state index is 3.52. The van der Waals surface area contributed by atoms with Crippen LogP contribution in [0.5, 0.6) is 0 Å². The Morgan fingerprint density at radius 2 is 1.94 bits per heavy atom. The van der Waals surface area contributed by atoms with Gasteiger partial charge in [0.25, 0.3) is 0 Å². The van der Waals surface area contributed by atoms with Crippen molar-refractivity contribution in [1.29, 1.82) is 0 Å². The monoisotopic (exact) mass is 245 g/mol. The van der Waals surface area contributed by atoms with Gasteiger partial charge in [0.2, 0.25) is 0 Å². The number of hydrogen-bond donors (Lipinski definition) is 1. The van der Waals surface area contributed by atoms with Gasteiger partial charge in [0.15, 0.2) is 0 Å². The van der Waals surface area contributed by atoms with E-state index < -0.39 is 0 Å². The van der Waals surface area contributed by atoms with Gasteiger partial charge in [0.1, 0.15) is 0 Å². The predicted molar refractivity (Wildman–Crippen MR) is 78.9 cm³/mol. The predicted octanol–water partition coefficient (Wildman–Crippen LogP) is 4.65. The van der Waals surface area contributed by atoms with E-state index in [9.17, 15) is 0 Å². The number of hydrogen-bond acceptors (Lipinski definition) is 1. The molecule has 18 heavy (non-hydrogen) atoms. The van der Waals surface area contributed by atoms with Gasteiger partial charge in [-0.2, -0.15) is 0 Å². The molecule has 0 aliphatic heterocycles. The maximum atomic E-state index is 3.52. The van der Waals surface area contributed by atoms with Crippen LogP contribution in [0.25, 0.3) is 0 Å². The summed E-state index contributed by atoms with van der Waals surface area (Å²) in [6.07, 6.45) is 6.68. The molecule has 1 aromatic rings. The van der Waals surface area contributed by atoms with Gasteiger partial charge in [-0.25, -0.2) is 0 Å². The molecule has 0 bridgehead atoms. The summed E-state index contributed by atoms with van der Waals surface area (Å²) in [4.78, 5) is 0. The van der Waals surface area contributed by atoms with Crippen LogP contribution in [0.1, 0.15) is 69.0 Å². The van der Waals surface area contributed by atoms with Crippen LogP contribution < -0.4 is 5.32 Å². The van der Waals surface area contributed by atoms with Crippen LogP contribution in [0.15, 0.2) is 24.3 Å². The summed E-state index contributed by atoms with van der Waals surface area (Å²) in [7, 11) is 2.10. The van der Waals surface area contributed by atoms with E-state index in [-0.39, 0.29) is 0 Å². The second-order valence-corrected chi connectivity index (χ2v) is 5.64. The molecule has 1 aliphatic rings. The van der Waals surface area contributed by atoms with E-state index in [2.05, 4.69) is 50.5 Å². The van der Waals surface area contributed by atoms with Crippen molar-refractivity contribution < 1.29 is 0 Å².